The summed E-state index contributed by atoms with van der Waals surface area (Å²) in [5.41, 5.74) is 3.43. The summed E-state index contributed by atoms with van der Waals surface area (Å²) < 4.78 is 17.4. The molecule has 4 aromatic rings. The van der Waals surface area contributed by atoms with Crippen molar-refractivity contribution < 1.29 is 18.9 Å². The van der Waals surface area contributed by atoms with Gasteiger partial charge in [0.15, 0.2) is 5.82 Å². The van der Waals surface area contributed by atoms with Gasteiger partial charge in [0.1, 0.15) is 11.6 Å². The maximum absolute atomic E-state index is 10.4. The summed E-state index contributed by atoms with van der Waals surface area (Å²) in [6.07, 6.45) is 4.85. The van der Waals surface area contributed by atoms with Crippen molar-refractivity contribution in [2.75, 3.05) is 44.0 Å². The van der Waals surface area contributed by atoms with Crippen molar-refractivity contribution in [2.45, 2.75) is 50.2 Å². The van der Waals surface area contributed by atoms with Gasteiger partial charge < -0.3 is 34.5 Å². The summed E-state index contributed by atoms with van der Waals surface area (Å²) in [5, 5.41) is 21.7. The third-order valence-electron chi connectivity index (χ3n) is 9.09. The van der Waals surface area contributed by atoms with Gasteiger partial charge in [-0.3, -0.25) is 0 Å². The van der Waals surface area contributed by atoms with Crippen molar-refractivity contribution in [3.05, 3.63) is 71.8 Å². The molecule has 11 nitrogen and oxygen atoms in total. The zero-order valence-corrected chi connectivity index (χ0v) is 24.7. The average molecular weight is 581 g/mol. The Morgan fingerprint density at radius 1 is 1.05 bits per heavy atom. The number of pyridine rings is 2. The summed E-state index contributed by atoms with van der Waals surface area (Å²) in [6.45, 7) is 7.06. The van der Waals surface area contributed by atoms with Gasteiger partial charge in [-0.15, -0.1) is 0 Å². The zero-order chi connectivity index (χ0) is 29.6. The van der Waals surface area contributed by atoms with Crippen LogP contribution in [-0.2, 0) is 20.3 Å². The summed E-state index contributed by atoms with van der Waals surface area (Å²) >= 11 is 0. The van der Waals surface area contributed by atoms with Crippen molar-refractivity contribution in [2.24, 2.45) is 0 Å². The fourth-order valence-electron chi connectivity index (χ4n) is 6.54. The number of nitrogens with one attached hydrogen (secondary N) is 2. The van der Waals surface area contributed by atoms with Gasteiger partial charge in [-0.25, -0.2) is 9.97 Å². The summed E-state index contributed by atoms with van der Waals surface area (Å²) in [7, 11) is 1.18. The molecule has 1 atom stereocenters. The minimum Gasteiger partial charge on any atom is -0.410 e. The number of piperidine rings is 3. The van der Waals surface area contributed by atoms with Gasteiger partial charge in [0.25, 0.3) is 5.89 Å². The van der Waals surface area contributed by atoms with Gasteiger partial charge in [0, 0.05) is 30.3 Å². The van der Waals surface area contributed by atoms with E-state index in [9.17, 15) is 5.11 Å². The molecule has 4 aliphatic heterocycles. The fourth-order valence-corrected chi connectivity index (χ4v) is 6.54. The lowest BCUT2D eigenvalue weighted by Gasteiger charge is -2.46. The average Bonchev–Trinajstić information content (AvgIpc) is 3.64. The van der Waals surface area contributed by atoms with E-state index in [0.717, 1.165) is 61.4 Å². The quantitative estimate of drug-likeness (QED) is 0.250. The van der Waals surface area contributed by atoms with Gasteiger partial charge in [-0.2, -0.15) is 4.98 Å². The van der Waals surface area contributed by atoms with Gasteiger partial charge in [0.05, 0.1) is 35.2 Å². The van der Waals surface area contributed by atoms with Crippen LogP contribution in [0.1, 0.15) is 56.2 Å². The largest absolute Gasteiger partial charge is 0.496 e. The monoisotopic (exact) mass is 581 g/mol. The number of aromatic nitrogens is 4. The first-order valence-corrected chi connectivity index (χ1v) is 14.9. The van der Waals surface area contributed by atoms with Crippen LogP contribution in [0.2, 0.25) is 0 Å². The van der Waals surface area contributed by atoms with E-state index in [-0.39, 0.29) is 18.1 Å². The van der Waals surface area contributed by atoms with Crippen LogP contribution in [0.4, 0.5) is 17.3 Å². The molecule has 43 heavy (non-hydrogen) atoms. The maximum Gasteiger partial charge on any atom is 0.496 e. The third kappa shape index (κ3) is 5.18. The normalized spacial score (nSPS) is 22.8. The SMILES string of the molecule is COB1OC(C)(C)c2nc(Nc3cc(N[C@H](CO)c4ccccc4)c(-c4nc(C56CCN(CC5)CC6)no4)cn3)ccc21. The van der Waals surface area contributed by atoms with Gasteiger partial charge >= 0.3 is 7.12 Å². The predicted molar refractivity (Wildman–Crippen MR) is 163 cm³/mol. The first-order valence-electron chi connectivity index (χ1n) is 14.9. The number of aliphatic hydroxyl groups excluding tert-OH is 1. The molecular weight excluding hydrogens is 545 g/mol. The van der Waals surface area contributed by atoms with Crippen molar-refractivity contribution in [3.8, 4) is 11.5 Å². The molecular formula is C31H36BN7O4. The number of fused-ring (bicyclic) bond motifs is 4. The predicted octanol–water partition coefficient (Wildman–Crippen LogP) is 3.76. The summed E-state index contributed by atoms with van der Waals surface area (Å²) in [6, 6.07) is 15.2. The number of aliphatic hydroxyl groups is 1. The van der Waals surface area contributed by atoms with Crippen LogP contribution in [-0.4, -0.2) is 70.6 Å². The molecule has 7 heterocycles. The van der Waals surface area contributed by atoms with Crippen LogP contribution < -0.4 is 16.1 Å². The second-order valence-corrected chi connectivity index (χ2v) is 12.2. The number of benzene rings is 1. The highest BCUT2D eigenvalue weighted by molar-refractivity contribution is 6.63. The molecule has 0 saturated carbocycles. The highest BCUT2D eigenvalue weighted by Crippen LogP contribution is 2.42. The molecule has 0 radical (unpaired) electrons. The van der Waals surface area contributed by atoms with Crippen molar-refractivity contribution in [1.82, 2.24) is 25.0 Å². The Kier molecular flexibility index (Phi) is 7.17. The standard InChI is InChI=1S/C31H36BN7O4/c1-30(2)27-22(32(41-3)43-30)9-10-25(36-27)35-26-17-23(34-24(19-40)20-7-5-4-6-8-20)21(18-33-26)28-37-29(38-42-28)31-11-14-39(15-12-31)16-13-31/h4-10,17-18,24,40H,11-16,19H2,1-3H3,(H2,33,34,35,36)/t24-/m1/s1. The topological polar surface area (TPSA) is 131 Å². The van der Waals surface area contributed by atoms with E-state index in [1.165, 1.54) is 0 Å². The Morgan fingerprint density at radius 3 is 2.53 bits per heavy atom. The number of nitrogens with zero attached hydrogens (tertiary/aromatic N) is 5. The second kappa shape index (κ2) is 11.0. The van der Waals surface area contributed by atoms with E-state index < -0.39 is 12.7 Å². The summed E-state index contributed by atoms with van der Waals surface area (Å²) in [5.74, 6) is 2.38. The lowest BCUT2D eigenvalue weighted by molar-refractivity contribution is 0.0747. The molecule has 3 aromatic heterocycles. The van der Waals surface area contributed by atoms with Crippen LogP contribution in [0.25, 0.3) is 11.5 Å². The van der Waals surface area contributed by atoms with E-state index in [4.69, 9.17) is 28.8 Å². The molecule has 0 amide bonds. The summed E-state index contributed by atoms with van der Waals surface area (Å²) in [4.78, 5) is 17.0. The number of anilines is 3. The van der Waals surface area contributed by atoms with Gasteiger partial charge in [-0.1, -0.05) is 41.6 Å². The third-order valence-corrected chi connectivity index (χ3v) is 9.09. The first-order chi connectivity index (χ1) is 20.9. The molecule has 3 N–H and O–H groups in total. The Balaban J connectivity index is 1.23. The second-order valence-electron chi connectivity index (χ2n) is 12.2. The zero-order valence-electron chi connectivity index (χ0n) is 24.7. The molecule has 2 bridgehead atoms. The Hall–Kier alpha value is -3.84. The molecule has 8 rings (SSSR count). The van der Waals surface area contributed by atoms with E-state index in [2.05, 4.69) is 20.7 Å². The Morgan fingerprint density at radius 2 is 1.81 bits per heavy atom. The number of hydrogen-bond acceptors (Lipinski definition) is 11. The van der Waals surface area contributed by atoms with Gasteiger partial charge in [0.2, 0.25) is 0 Å². The van der Waals surface area contributed by atoms with Crippen LogP contribution >= 0.6 is 0 Å². The van der Waals surface area contributed by atoms with E-state index >= 15 is 0 Å². The number of rotatable bonds is 9. The smallest absolute Gasteiger partial charge is 0.410 e. The van der Waals surface area contributed by atoms with Crippen LogP contribution in [0.15, 0.2) is 59.3 Å². The molecule has 0 unspecified atom stereocenters. The van der Waals surface area contributed by atoms with E-state index in [0.29, 0.717) is 28.8 Å². The molecule has 3 saturated heterocycles. The first kappa shape index (κ1) is 28.0. The molecule has 0 spiro atoms. The van der Waals surface area contributed by atoms with Crippen LogP contribution in [0.3, 0.4) is 0 Å². The molecule has 12 heteroatoms. The molecule has 4 aliphatic rings. The maximum atomic E-state index is 10.4. The number of hydrogen-bond donors (Lipinski definition) is 3. The fraction of sp³-hybridized carbons (Fsp3) is 0.419. The highest BCUT2D eigenvalue weighted by atomic mass is 16.6. The Bertz CT molecular complexity index is 1590. The van der Waals surface area contributed by atoms with Crippen molar-refractivity contribution in [1.29, 1.82) is 0 Å². The molecule has 222 valence electrons. The van der Waals surface area contributed by atoms with Crippen LogP contribution in [0.5, 0.6) is 0 Å². The minimum absolute atomic E-state index is 0.0325. The lowest BCUT2D eigenvalue weighted by Crippen LogP contribution is -2.51. The minimum atomic E-state index is -0.591. The van der Waals surface area contributed by atoms with E-state index in [1.807, 2.05) is 62.4 Å². The Labute approximate surface area is 251 Å². The van der Waals surface area contributed by atoms with Gasteiger partial charge in [-0.05, 0) is 64.4 Å². The molecule has 1 aromatic carbocycles. The van der Waals surface area contributed by atoms with Crippen LogP contribution in [0, 0.1) is 0 Å². The van der Waals surface area contributed by atoms with E-state index in [1.54, 1.807) is 13.3 Å². The highest BCUT2D eigenvalue weighted by Gasteiger charge is 2.45. The molecule has 0 aliphatic carbocycles. The molecule has 3 fully saturated rings. The van der Waals surface area contributed by atoms with Crippen molar-refractivity contribution in [3.63, 3.8) is 0 Å². The lowest BCUT2D eigenvalue weighted by atomic mass is 9.71. The van der Waals surface area contributed by atoms with Crippen molar-refractivity contribution >= 4 is 29.9 Å².